The normalized spacial score (nSPS) is 14.1. The first-order chi connectivity index (χ1) is 11.1. The molecule has 1 aromatic heterocycles. The quantitative estimate of drug-likeness (QED) is 0.921. The van der Waals surface area contributed by atoms with E-state index >= 15 is 0 Å². The van der Waals surface area contributed by atoms with Crippen molar-refractivity contribution in [3.8, 4) is 0 Å². The number of amides is 2. The molecule has 0 aliphatic carbocycles. The van der Waals surface area contributed by atoms with E-state index in [-0.39, 0.29) is 11.8 Å². The van der Waals surface area contributed by atoms with E-state index in [1.54, 1.807) is 35.5 Å². The van der Waals surface area contributed by atoms with Crippen molar-refractivity contribution in [1.82, 2.24) is 9.88 Å². The molecule has 120 valence electrons. The van der Waals surface area contributed by atoms with E-state index in [4.69, 9.17) is 11.6 Å². The third kappa shape index (κ3) is 3.38. The molecule has 0 unspecified atom stereocenters. The van der Waals surface area contributed by atoms with Crippen LogP contribution in [0.3, 0.4) is 0 Å². The van der Waals surface area contributed by atoms with Crippen LogP contribution in [0.4, 0.5) is 5.69 Å². The van der Waals surface area contributed by atoms with E-state index in [1.165, 1.54) is 11.3 Å². The van der Waals surface area contributed by atoms with Gasteiger partial charge in [0.05, 0.1) is 22.5 Å². The summed E-state index contributed by atoms with van der Waals surface area (Å²) in [7, 11) is 0. The molecule has 2 aromatic rings. The molecule has 0 saturated carbocycles. The fourth-order valence-electron chi connectivity index (χ4n) is 2.60. The van der Waals surface area contributed by atoms with Crippen molar-refractivity contribution in [3.05, 3.63) is 44.9 Å². The summed E-state index contributed by atoms with van der Waals surface area (Å²) in [5.74, 6) is -0.349. The Kier molecular flexibility index (Phi) is 4.63. The Morgan fingerprint density at radius 2 is 2.04 bits per heavy atom. The number of carbonyl (C=O) groups is 2. The molecule has 0 atom stereocenters. The number of rotatable bonds is 3. The van der Waals surface area contributed by atoms with Crippen LogP contribution in [0, 0.1) is 6.92 Å². The largest absolute Gasteiger partial charge is 0.339 e. The van der Waals surface area contributed by atoms with Crippen LogP contribution in [0.25, 0.3) is 0 Å². The number of aromatic nitrogens is 1. The molecule has 2 heterocycles. The summed E-state index contributed by atoms with van der Waals surface area (Å²) < 4.78 is 0. The van der Waals surface area contributed by atoms with Crippen molar-refractivity contribution in [1.29, 1.82) is 0 Å². The van der Waals surface area contributed by atoms with Gasteiger partial charge in [0.15, 0.2) is 0 Å². The average Bonchev–Trinajstić information content (AvgIpc) is 3.18. The summed E-state index contributed by atoms with van der Waals surface area (Å²) in [5.41, 5.74) is 3.19. The number of hydrogen-bond donors (Lipinski definition) is 1. The summed E-state index contributed by atoms with van der Waals surface area (Å²) in [6.07, 6.45) is 2.03. The molecule has 1 N–H and O–H groups in total. The second-order valence-corrected chi connectivity index (χ2v) is 6.70. The van der Waals surface area contributed by atoms with Gasteiger partial charge >= 0.3 is 0 Å². The topological polar surface area (TPSA) is 62.3 Å². The second-order valence-electron chi connectivity index (χ2n) is 5.41. The molecule has 1 aromatic carbocycles. The molecule has 23 heavy (non-hydrogen) atoms. The first-order valence-electron chi connectivity index (χ1n) is 7.36. The number of thiazole rings is 1. The lowest BCUT2D eigenvalue weighted by Crippen LogP contribution is -2.28. The summed E-state index contributed by atoms with van der Waals surface area (Å²) in [6.45, 7) is 3.28. The van der Waals surface area contributed by atoms with Gasteiger partial charge in [-0.05, 0) is 38.0 Å². The SMILES string of the molecule is Cc1ncsc1C(=O)Nc1cc(Cl)ccc1C(=O)N1CCCC1. The number of carbonyl (C=O) groups excluding carboxylic acids is 2. The van der Waals surface area contributed by atoms with E-state index in [1.807, 2.05) is 0 Å². The molecule has 7 heteroatoms. The Hall–Kier alpha value is -1.92. The van der Waals surface area contributed by atoms with Crippen molar-refractivity contribution < 1.29 is 9.59 Å². The van der Waals surface area contributed by atoms with Crippen LogP contribution in [0.1, 0.15) is 38.6 Å². The Balaban J connectivity index is 1.88. The van der Waals surface area contributed by atoms with Gasteiger partial charge in [0.1, 0.15) is 4.88 Å². The Bertz CT molecular complexity index is 754. The molecule has 2 amide bonds. The van der Waals surface area contributed by atoms with Gasteiger partial charge < -0.3 is 10.2 Å². The number of nitrogens with zero attached hydrogens (tertiary/aromatic N) is 2. The Morgan fingerprint density at radius 1 is 1.30 bits per heavy atom. The second kappa shape index (κ2) is 6.68. The van der Waals surface area contributed by atoms with Crippen molar-refractivity contribution in [3.63, 3.8) is 0 Å². The minimum Gasteiger partial charge on any atom is -0.339 e. The van der Waals surface area contributed by atoms with Gasteiger partial charge in [0.25, 0.3) is 11.8 Å². The number of likely N-dealkylation sites (tertiary alicyclic amines) is 1. The van der Waals surface area contributed by atoms with E-state index < -0.39 is 0 Å². The van der Waals surface area contributed by atoms with Gasteiger partial charge in [-0.25, -0.2) is 4.98 Å². The third-order valence-electron chi connectivity index (χ3n) is 3.81. The van der Waals surface area contributed by atoms with E-state index in [0.717, 1.165) is 25.9 Å². The summed E-state index contributed by atoms with van der Waals surface area (Å²) in [4.78, 5) is 31.4. The molecular formula is C16H16ClN3O2S. The van der Waals surface area contributed by atoms with Gasteiger partial charge in [0.2, 0.25) is 0 Å². The molecule has 3 rings (SSSR count). The fraction of sp³-hybridized carbons (Fsp3) is 0.312. The first kappa shape index (κ1) is 16.0. The maximum atomic E-state index is 12.6. The highest BCUT2D eigenvalue weighted by molar-refractivity contribution is 7.12. The van der Waals surface area contributed by atoms with Crippen molar-refractivity contribution >= 4 is 40.4 Å². The molecule has 1 saturated heterocycles. The highest BCUT2D eigenvalue weighted by atomic mass is 35.5. The van der Waals surface area contributed by atoms with Crippen LogP contribution >= 0.6 is 22.9 Å². The van der Waals surface area contributed by atoms with Crippen molar-refractivity contribution in [2.75, 3.05) is 18.4 Å². The molecule has 0 radical (unpaired) electrons. The highest BCUT2D eigenvalue weighted by Gasteiger charge is 2.23. The van der Waals surface area contributed by atoms with Crippen LogP contribution in [0.5, 0.6) is 0 Å². The smallest absolute Gasteiger partial charge is 0.267 e. The number of benzene rings is 1. The molecule has 1 fully saturated rings. The zero-order valence-electron chi connectivity index (χ0n) is 12.6. The number of anilines is 1. The number of nitrogens with one attached hydrogen (secondary N) is 1. The predicted molar refractivity (Wildman–Crippen MR) is 91.4 cm³/mol. The maximum absolute atomic E-state index is 12.6. The van der Waals surface area contributed by atoms with Crippen LogP contribution in [-0.2, 0) is 0 Å². The van der Waals surface area contributed by atoms with Crippen LogP contribution < -0.4 is 5.32 Å². The molecular weight excluding hydrogens is 334 g/mol. The average molecular weight is 350 g/mol. The summed E-state index contributed by atoms with van der Waals surface area (Å²) in [6, 6.07) is 4.94. The number of halogens is 1. The third-order valence-corrected chi connectivity index (χ3v) is 4.97. The number of aryl methyl sites for hydroxylation is 1. The standard InChI is InChI=1S/C16H16ClN3O2S/c1-10-14(23-9-18-10)15(21)19-13-8-11(17)4-5-12(13)16(22)20-6-2-3-7-20/h4-5,8-9H,2-3,6-7H2,1H3,(H,19,21). The maximum Gasteiger partial charge on any atom is 0.267 e. The predicted octanol–water partition coefficient (Wildman–Crippen LogP) is 3.59. The van der Waals surface area contributed by atoms with E-state index in [9.17, 15) is 9.59 Å². The molecule has 0 spiro atoms. The number of hydrogen-bond acceptors (Lipinski definition) is 4. The minimum absolute atomic E-state index is 0.0736. The summed E-state index contributed by atoms with van der Waals surface area (Å²) in [5, 5.41) is 3.27. The Labute approximate surface area is 143 Å². The minimum atomic E-state index is -0.275. The van der Waals surface area contributed by atoms with Crippen LogP contribution in [0.15, 0.2) is 23.7 Å². The van der Waals surface area contributed by atoms with Gasteiger partial charge in [-0.15, -0.1) is 11.3 Å². The molecule has 0 bridgehead atoms. The van der Waals surface area contributed by atoms with Gasteiger partial charge in [-0.3, -0.25) is 9.59 Å². The van der Waals surface area contributed by atoms with Crippen LogP contribution in [0.2, 0.25) is 5.02 Å². The highest BCUT2D eigenvalue weighted by Crippen LogP contribution is 2.25. The molecule has 1 aliphatic rings. The molecule has 1 aliphatic heterocycles. The van der Waals surface area contributed by atoms with Gasteiger partial charge in [-0.2, -0.15) is 0 Å². The zero-order valence-corrected chi connectivity index (χ0v) is 14.2. The zero-order chi connectivity index (χ0) is 16.4. The first-order valence-corrected chi connectivity index (χ1v) is 8.62. The monoisotopic (exact) mass is 349 g/mol. The lowest BCUT2D eigenvalue weighted by Gasteiger charge is -2.18. The lowest BCUT2D eigenvalue weighted by molar-refractivity contribution is 0.0794. The molecule has 5 nitrogen and oxygen atoms in total. The van der Waals surface area contributed by atoms with Gasteiger partial charge in [0, 0.05) is 18.1 Å². The van der Waals surface area contributed by atoms with E-state index in [0.29, 0.717) is 26.8 Å². The van der Waals surface area contributed by atoms with E-state index in [2.05, 4.69) is 10.3 Å². The fourth-order valence-corrected chi connectivity index (χ4v) is 3.47. The Morgan fingerprint density at radius 3 is 2.70 bits per heavy atom. The van der Waals surface area contributed by atoms with Crippen molar-refractivity contribution in [2.45, 2.75) is 19.8 Å². The lowest BCUT2D eigenvalue weighted by atomic mass is 10.1. The van der Waals surface area contributed by atoms with Crippen molar-refractivity contribution in [2.24, 2.45) is 0 Å². The van der Waals surface area contributed by atoms with Crippen LogP contribution in [-0.4, -0.2) is 34.8 Å². The summed E-state index contributed by atoms with van der Waals surface area (Å²) >= 11 is 7.30. The van der Waals surface area contributed by atoms with Gasteiger partial charge in [-0.1, -0.05) is 11.6 Å².